The molecule has 6 heteroatoms. The number of nitrogens with one attached hydrogen (secondary N) is 2. The first-order chi connectivity index (χ1) is 9.26. The molecule has 19 heavy (non-hydrogen) atoms. The van der Waals surface area contributed by atoms with Gasteiger partial charge in [-0.15, -0.1) is 11.3 Å². The van der Waals surface area contributed by atoms with Crippen LogP contribution < -0.4 is 10.6 Å². The van der Waals surface area contributed by atoms with Gasteiger partial charge in [0, 0.05) is 17.4 Å². The summed E-state index contributed by atoms with van der Waals surface area (Å²) in [5.74, 6) is 1.12. The molecular formula is C13H11ClN4S. The Morgan fingerprint density at radius 2 is 2.16 bits per heavy atom. The quantitative estimate of drug-likeness (QED) is 0.761. The highest BCUT2D eigenvalue weighted by Crippen LogP contribution is 2.28. The summed E-state index contributed by atoms with van der Waals surface area (Å²) in [6.45, 7) is 0. The van der Waals surface area contributed by atoms with Crippen LogP contribution in [0.15, 0.2) is 35.8 Å². The maximum atomic E-state index is 6.09. The zero-order chi connectivity index (χ0) is 13.2. The van der Waals surface area contributed by atoms with E-state index in [1.54, 1.807) is 24.6 Å². The molecular weight excluding hydrogens is 280 g/mol. The molecule has 3 rings (SSSR count). The second-order valence-electron chi connectivity index (χ2n) is 3.94. The number of benzene rings is 1. The number of aromatic nitrogens is 2. The SMILES string of the molecule is CNc1ncc(Cl)c(Nc2ccc3sccc3c2)n1. The molecule has 2 heterocycles. The van der Waals surface area contributed by atoms with Crippen LogP contribution in [0.25, 0.3) is 10.1 Å². The zero-order valence-electron chi connectivity index (χ0n) is 10.1. The summed E-state index contributed by atoms with van der Waals surface area (Å²) < 4.78 is 1.26. The van der Waals surface area contributed by atoms with Crippen LogP contribution in [0.2, 0.25) is 5.02 Å². The fourth-order valence-corrected chi connectivity index (χ4v) is 2.67. The van der Waals surface area contributed by atoms with Crippen molar-refractivity contribution in [2.45, 2.75) is 0 Å². The highest BCUT2D eigenvalue weighted by molar-refractivity contribution is 7.17. The minimum Gasteiger partial charge on any atom is -0.357 e. The first-order valence-corrected chi connectivity index (χ1v) is 6.96. The number of nitrogens with zero attached hydrogens (tertiary/aromatic N) is 2. The number of thiophene rings is 1. The maximum Gasteiger partial charge on any atom is 0.224 e. The molecule has 0 radical (unpaired) electrons. The molecule has 0 unspecified atom stereocenters. The van der Waals surface area contributed by atoms with Crippen molar-refractivity contribution in [1.82, 2.24) is 9.97 Å². The molecule has 1 aromatic carbocycles. The average molecular weight is 291 g/mol. The number of fused-ring (bicyclic) bond motifs is 1. The van der Waals surface area contributed by atoms with Crippen LogP contribution in [0.1, 0.15) is 0 Å². The van der Waals surface area contributed by atoms with Gasteiger partial charge in [-0.1, -0.05) is 11.6 Å². The van der Waals surface area contributed by atoms with E-state index in [2.05, 4.69) is 44.2 Å². The monoisotopic (exact) mass is 290 g/mol. The van der Waals surface area contributed by atoms with Gasteiger partial charge in [-0.2, -0.15) is 4.98 Å². The van der Waals surface area contributed by atoms with Crippen molar-refractivity contribution in [1.29, 1.82) is 0 Å². The van der Waals surface area contributed by atoms with Crippen LogP contribution in [-0.2, 0) is 0 Å². The topological polar surface area (TPSA) is 49.8 Å². The molecule has 0 spiro atoms. The molecule has 96 valence electrons. The fraction of sp³-hybridized carbons (Fsp3) is 0.0769. The highest BCUT2D eigenvalue weighted by atomic mass is 35.5. The molecule has 0 saturated heterocycles. The molecule has 0 aliphatic rings. The van der Waals surface area contributed by atoms with Crippen LogP contribution >= 0.6 is 22.9 Å². The van der Waals surface area contributed by atoms with Crippen molar-refractivity contribution in [3.63, 3.8) is 0 Å². The molecule has 4 nitrogen and oxygen atoms in total. The van der Waals surface area contributed by atoms with Gasteiger partial charge in [-0.3, -0.25) is 0 Å². The lowest BCUT2D eigenvalue weighted by molar-refractivity contribution is 1.15. The molecule has 0 aliphatic carbocycles. The third kappa shape index (κ3) is 2.47. The summed E-state index contributed by atoms with van der Waals surface area (Å²) >= 11 is 7.81. The minimum absolute atomic E-state index is 0.490. The van der Waals surface area contributed by atoms with E-state index in [9.17, 15) is 0 Å². The van der Waals surface area contributed by atoms with Gasteiger partial charge >= 0.3 is 0 Å². The van der Waals surface area contributed by atoms with Gasteiger partial charge in [-0.05, 0) is 35.0 Å². The van der Waals surface area contributed by atoms with E-state index in [1.165, 1.54) is 10.1 Å². The number of hydrogen-bond donors (Lipinski definition) is 2. The Morgan fingerprint density at radius 3 is 3.00 bits per heavy atom. The average Bonchev–Trinajstić information content (AvgIpc) is 2.89. The van der Waals surface area contributed by atoms with Crippen molar-refractivity contribution in [3.05, 3.63) is 40.9 Å². The van der Waals surface area contributed by atoms with Crippen molar-refractivity contribution in [2.75, 3.05) is 17.7 Å². The largest absolute Gasteiger partial charge is 0.357 e. The molecule has 2 aromatic heterocycles. The van der Waals surface area contributed by atoms with E-state index in [0.29, 0.717) is 16.8 Å². The van der Waals surface area contributed by atoms with Crippen molar-refractivity contribution < 1.29 is 0 Å². The van der Waals surface area contributed by atoms with Crippen molar-refractivity contribution in [2.24, 2.45) is 0 Å². The molecule has 0 atom stereocenters. The van der Waals surface area contributed by atoms with Crippen molar-refractivity contribution >= 4 is 50.5 Å². The van der Waals surface area contributed by atoms with Gasteiger partial charge in [0.1, 0.15) is 5.02 Å². The van der Waals surface area contributed by atoms with Crippen LogP contribution in [-0.4, -0.2) is 17.0 Å². The molecule has 0 fully saturated rings. The van der Waals surface area contributed by atoms with E-state index in [0.717, 1.165) is 5.69 Å². The van der Waals surface area contributed by atoms with Gasteiger partial charge in [0.15, 0.2) is 5.82 Å². The zero-order valence-corrected chi connectivity index (χ0v) is 11.7. The molecule has 2 N–H and O–H groups in total. The van der Waals surface area contributed by atoms with E-state index in [-0.39, 0.29) is 0 Å². The van der Waals surface area contributed by atoms with Gasteiger partial charge in [-0.25, -0.2) is 4.98 Å². The molecule has 0 bridgehead atoms. The Hall–Kier alpha value is -1.85. The first kappa shape index (κ1) is 12.2. The molecule has 3 aromatic rings. The standard InChI is InChI=1S/C13H11ClN4S/c1-15-13-16-7-10(14)12(18-13)17-9-2-3-11-8(6-9)4-5-19-11/h2-7H,1H3,(H2,15,16,17,18). The maximum absolute atomic E-state index is 6.09. The Kier molecular flexibility index (Phi) is 3.23. The predicted octanol–water partition coefficient (Wildman–Crippen LogP) is 4.13. The second kappa shape index (κ2) is 5.03. The number of halogens is 1. The summed E-state index contributed by atoms with van der Waals surface area (Å²) in [4.78, 5) is 8.34. The summed E-state index contributed by atoms with van der Waals surface area (Å²) in [6.07, 6.45) is 1.58. The minimum atomic E-state index is 0.490. The third-order valence-corrected chi connectivity index (χ3v) is 3.86. The van der Waals surface area contributed by atoms with E-state index >= 15 is 0 Å². The summed E-state index contributed by atoms with van der Waals surface area (Å²) in [5.41, 5.74) is 0.952. The Labute approximate surface area is 119 Å². The highest BCUT2D eigenvalue weighted by Gasteiger charge is 2.05. The van der Waals surface area contributed by atoms with E-state index < -0.39 is 0 Å². The number of anilines is 3. The third-order valence-electron chi connectivity index (χ3n) is 2.68. The molecule has 0 aliphatic heterocycles. The van der Waals surface area contributed by atoms with Gasteiger partial charge in [0.25, 0.3) is 0 Å². The van der Waals surface area contributed by atoms with Crippen molar-refractivity contribution in [3.8, 4) is 0 Å². The van der Waals surface area contributed by atoms with Gasteiger partial charge < -0.3 is 10.6 Å². The lowest BCUT2D eigenvalue weighted by atomic mass is 10.2. The van der Waals surface area contributed by atoms with Gasteiger partial charge in [0.05, 0.1) is 6.20 Å². The lowest BCUT2D eigenvalue weighted by Gasteiger charge is -2.08. The Morgan fingerprint density at radius 1 is 1.26 bits per heavy atom. The van der Waals surface area contributed by atoms with Crippen LogP contribution in [0.3, 0.4) is 0 Å². The van der Waals surface area contributed by atoms with E-state index in [4.69, 9.17) is 11.6 Å². The lowest BCUT2D eigenvalue weighted by Crippen LogP contribution is -2.00. The smallest absolute Gasteiger partial charge is 0.224 e. The Balaban J connectivity index is 1.95. The fourth-order valence-electron chi connectivity index (χ4n) is 1.76. The first-order valence-electron chi connectivity index (χ1n) is 5.71. The normalized spacial score (nSPS) is 10.6. The van der Waals surface area contributed by atoms with Crippen LogP contribution in [0.5, 0.6) is 0 Å². The summed E-state index contributed by atoms with van der Waals surface area (Å²) in [5, 5.41) is 9.86. The van der Waals surface area contributed by atoms with E-state index in [1.807, 2.05) is 6.07 Å². The van der Waals surface area contributed by atoms with Crippen LogP contribution in [0.4, 0.5) is 17.5 Å². The van der Waals surface area contributed by atoms with Crippen LogP contribution in [0, 0.1) is 0 Å². The number of rotatable bonds is 3. The molecule has 0 amide bonds. The summed E-state index contributed by atoms with van der Waals surface area (Å²) in [7, 11) is 1.77. The number of hydrogen-bond acceptors (Lipinski definition) is 5. The van der Waals surface area contributed by atoms with Gasteiger partial charge in [0.2, 0.25) is 5.95 Å². The molecule has 0 saturated carbocycles. The summed E-state index contributed by atoms with van der Waals surface area (Å²) in [6, 6.07) is 8.25. The second-order valence-corrected chi connectivity index (χ2v) is 5.29. The Bertz CT molecular complexity index is 725. The predicted molar refractivity (Wildman–Crippen MR) is 81.7 cm³/mol.